The van der Waals surface area contributed by atoms with Crippen LogP contribution in [0.15, 0.2) is 42.7 Å². The normalized spacial score (nSPS) is 15.2. The van der Waals surface area contributed by atoms with Crippen LogP contribution in [0.2, 0.25) is 0 Å². The number of carbonyl (C=O) groups is 3. The number of halogens is 2. The number of aromatic nitrogens is 1. The molecule has 0 radical (unpaired) electrons. The zero-order valence-electron chi connectivity index (χ0n) is 16.9. The van der Waals surface area contributed by atoms with Crippen LogP contribution >= 0.6 is 0 Å². The fourth-order valence-electron chi connectivity index (χ4n) is 3.03. The molecule has 1 amide bonds. The van der Waals surface area contributed by atoms with Gasteiger partial charge in [-0.1, -0.05) is 12.1 Å². The number of esters is 2. The quantitative estimate of drug-likeness (QED) is 0.372. The maximum Gasteiger partial charge on any atom is 0.547 e. The number of nitrogens with zero attached hydrogens (tertiary/aromatic N) is 1. The molecule has 2 heterocycles. The molecule has 0 aliphatic carbocycles. The molecule has 2 N–H and O–H groups in total. The summed E-state index contributed by atoms with van der Waals surface area (Å²) in [5, 5.41) is 12.5. The molecule has 3 rings (SSSR count). The van der Waals surface area contributed by atoms with Crippen molar-refractivity contribution in [3.05, 3.63) is 59.4 Å². The number of hydrogen-bond donors (Lipinski definition) is 2. The van der Waals surface area contributed by atoms with Crippen LogP contribution in [0.4, 0.5) is 8.78 Å². The Balaban J connectivity index is 1.61. The van der Waals surface area contributed by atoms with Gasteiger partial charge in [-0.15, -0.1) is 0 Å². The Kier molecular flexibility index (Phi) is 7.03. The zero-order valence-corrected chi connectivity index (χ0v) is 16.9. The lowest BCUT2D eigenvalue weighted by Gasteiger charge is -2.29. The minimum Gasteiger partial charge on any atom is -0.534 e. The van der Waals surface area contributed by atoms with Crippen molar-refractivity contribution in [1.82, 2.24) is 10.3 Å². The fraction of sp³-hybridized carbons (Fsp3) is 0.300. The molecule has 1 aromatic heterocycles. The lowest BCUT2D eigenvalue weighted by molar-refractivity contribution is -0.127. The third-order valence-electron chi connectivity index (χ3n) is 4.43. The lowest BCUT2D eigenvalue weighted by Crippen LogP contribution is -2.53. The molecule has 0 unspecified atom stereocenters. The summed E-state index contributed by atoms with van der Waals surface area (Å²) >= 11 is 0. The van der Waals surface area contributed by atoms with E-state index in [4.69, 9.17) is 14.1 Å². The third kappa shape index (κ3) is 6.00. The molecule has 12 heteroatoms. The predicted molar refractivity (Wildman–Crippen MR) is 106 cm³/mol. The standard InChI is InChI=1S/C20H19BF2N2O7/c1-20(22,23)9-16(26)25-15-8-12-4-2-6-14(17(12)32-21(15)29)19(28)31-11-30-18(27)13-5-3-7-24-10-13/h2-7,10,15,29H,8-9,11H2,1H3,(H,25,26)/t15-/m0/s1. The van der Waals surface area contributed by atoms with Crippen molar-refractivity contribution < 1.29 is 42.3 Å². The second kappa shape index (κ2) is 9.73. The Hall–Kier alpha value is -3.54. The summed E-state index contributed by atoms with van der Waals surface area (Å²) in [5.74, 6) is -6.71. The van der Waals surface area contributed by atoms with Gasteiger partial charge in [-0.2, -0.15) is 0 Å². The van der Waals surface area contributed by atoms with Gasteiger partial charge in [0.15, 0.2) is 0 Å². The van der Waals surface area contributed by atoms with Crippen LogP contribution in [-0.4, -0.2) is 53.6 Å². The Morgan fingerprint density at radius 1 is 1.25 bits per heavy atom. The van der Waals surface area contributed by atoms with E-state index >= 15 is 0 Å². The van der Waals surface area contributed by atoms with Gasteiger partial charge >= 0.3 is 19.1 Å². The van der Waals surface area contributed by atoms with Gasteiger partial charge in [-0.05, 0) is 37.1 Å². The van der Waals surface area contributed by atoms with E-state index in [0.717, 1.165) is 0 Å². The first-order chi connectivity index (χ1) is 15.1. The topological polar surface area (TPSA) is 124 Å². The van der Waals surface area contributed by atoms with E-state index < -0.39 is 50.0 Å². The van der Waals surface area contributed by atoms with Crippen molar-refractivity contribution in [2.24, 2.45) is 0 Å². The molecular weight excluding hydrogens is 429 g/mol. The van der Waals surface area contributed by atoms with Crippen molar-refractivity contribution >= 4 is 25.0 Å². The second-order valence-corrected chi connectivity index (χ2v) is 7.15. The van der Waals surface area contributed by atoms with Gasteiger partial charge in [0.1, 0.15) is 11.3 Å². The summed E-state index contributed by atoms with van der Waals surface area (Å²) in [6.07, 6.45) is 1.78. The largest absolute Gasteiger partial charge is 0.547 e. The van der Waals surface area contributed by atoms with Gasteiger partial charge in [0.05, 0.1) is 17.9 Å². The van der Waals surface area contributed by atoms with Crippen molar-refractivity contribution in [2.75, 3.05) is 6.79 Å². The van der Waals surface area contributed by atoms with E-state index in [2.05, 4.69) is 10.3 Å². The first-order valence-electron chi connectivity index (χ1n) is 9.52. The molecule has 168 valence electrons. The molecule has 0 bridgehead atoms. The predicted octanol–water partition coefficient (Wildman–Crippen LogP) is 1.54. The Morgan fingerprint density at radius 2 is 2.00 bits per heavy atom. The van der Waals surface area contributed by atoms with Gasteiger partial charge in [-0.25, -0.2) is 18.4 Å². The molecule has 1 aromatic carbocycles. The molecule has 0 fully saturated rings. The van der Waals surface area contributed by atoms with Crippen molar-refractivity contribution in [1.29, 1.82) is 0 Å². The number of fused-ring (bicyclic) bond motifs is 1. The van der Waals surface area contributed by atoms with E-state index in [9.17, 15) is 28.2 Å². The van der Waals surface area contributed by atoms with Crippen LogP contribution in [0.25, 0.3) is 0 Å². The van der Waals surface area contributed by atoms with Crippen LogP contribution in [0.1, 0.15) is 39.6 Å². The smallest absolute Gasteiger partial charge is 0.534 e. The van der Waals surface area contributed by atoms with Gasteiger partial charge in [-0.3, -0.25) is 9.78 Å². The average Bonchev–Trinajstić information content (AvgIpc) is 2.73. The Morgan fingerprint density at radius 3 is 2.69 bits per heavy atom. The summed E-state index contributed by atoms with van der Waals surface area (Å²) in [6, 6.07) is 7.53. The monoisotopic (exact) mass is 448 g/mol. The van der Waals surface area contributed by atoms with Crippen molar-refractivity contribution in [2.45, 2.75) is 31.6 Å². The van der Waals surface area contributed by atoms with E-state index in [-0.39, 0.29) is 23.3 Å². The Labute approximate surface area is 181 Å². The van der Waals surface area contributed by atoms with Gasteiger partial charge in [0.25, 0.3) is 5.92 Å². The molecule has 2 aromatic rings. The number of para-hydroxylation sites is 1. The van der Waals surface area contributed by atoms with E-state index in [1.807, 2.05) is 0 Å². The van der Waals surface area contributed by atoms with Crippen LogP contribution in [0.5, 0.6) is 5.75 Å². The van der Waals surface area contributed by atoms with E-state index in [1.165, 1.54) is 30.6 Å². The van der Waals surface area contributed by atoms with Crippen LogP contribution in [-0.2, 0) is 20.7 Å². The van der Waals surface area contributed by atoms with Crippen LogP contribution < -0.4 is 9.97 Å². The molecule has 32 heavy (non-hydrogen) atoms. The van der Waals surface area contributed by atoms with E-state index in [1.54, 1.807) is 12.1 Å². The first-order valence-corrected chi connectivity index (χ1v) is 9.52. The minimum absolute atomic E-state index is 0.0231. The molecule has 0 spiro atoms. The second-order valence-electron chi connectivity index (χ2n) is 7.15. The van der Waals surface area contributed by atoms with E-state index in [0.29, 0.717) is 12.5 Å². The number of pyridine rings is 1. The number of benzene rings is 1. The molecule has 9 nitrogen and oxygen atoms in total. The van der Waals surface area contributed by atoms with Crippen LogP contribution in [0, 0.1) is 0 Å². The Bertz CT molecular complexity index is 1000. The minimum atomic E-state index is -3.19. The number of hydrogen-bond acceptors (Lipinski definition) is 8. The summed E-state index contributed by atoms with van der Waals surface area (Å²) in [7, 11) is -1.57. The lowest BCUT2D eigenvalue weighted by atomic mass is 9.72. The zero-order chi connectivity index (χ0) is 23.3. The van der Waals surface area contributed by atoms with Gasteiger partial charge in [0, 0.05) is 12.4 Å². The molecule has 1 aliphatic rings. The number of carbonyl (C=O) groups excluding carboxylic acids is 3. The van der Waals surface area contributed by atoms with Crippen LogP contribution in [0.3, 0.4) is 0 Å². The molecule has 1 atom stereocenters. The number of rotatable bonds is 7. The molecule has 0 saturated carbocycles. The highest BCUT2D eigenvalue weighted by Gasteiger charge is 2.39. The number of nitrogens with one attached hydrogen (secondary N) is 1. The fourth-order valence-corrected chi connectivity index (χ4v) is 3.03. The summed E-state index contributed by atoms with van der Waals surface area (Å²) in [6.45, 7) is -0.0513. The van der Waals surface area contributed by atoms with Crippen molar-refractivity contribution in [3.8, 4) is 5.75 Å². The third-order valence-corrected chi connectivity index (χ3v) is 4.43. The van der Waals surface area contributed by atoms with Gasteiger partial charge in [0.2, 0.25) is 12.7 Å². The summed E-state index contributed by atoms with van der Waals surface area (Å²) in [4.78, 5) is 39.8. The SMILES string of the molecule is CC(F)(F)CC(=O)N[C@H]1Cc2cccc(C(=O)OCOC(=O)c3cccnc3)c2OB1O. The molecule has 1 aliphatic heterocycles. The average molecular weight is 448 g/mol. The summed E-state index contributed by atoms with van der Waals surface area (Å²) in [5.41, 5.74) is 0.593. The first kappa shape index (κ1) is 23.1. The highest BCUT2D eigenvalue weighted by molar-refractivity contribution is 6.47. The maximum atomic E-state index is 13.0. The molecular formula is C20H19BF2N2O7. The molecule has 0 saturated heterocycles. The maximum absolute atomic E-state index is 13.0. The number of amides is 1. The number of ether oxygens (including phenoxy) is 2. The number of alkyl halides is 2. The highest BCUT2D eigenvalue weighted by atomic mass is 19.3. The summed E-state index contributed by atoms with van der Waals surface area (Å²) < 4.78 is 41.2. The highest BCUT2D eigenvalue weighted by Crippen LogP contribution is 2.31. The van der Waals surface area contributed by atoms with Crippen molar-refractivity contribution in [3.63, 3.8) is 0 Å². The van der Waals surface area contributed by atoms with Gasteiger partial charge < -0.3 is 24.5 Å².